The summed E-state index contributed by atoms with van der Waals surface area (Å²) in [4.78, 5) is 6.01. The van der Waals surface area contributed by atoms with Crippen LogP contribution in [0.5, 0.6) is 0 Å². The average Bonchev–Trinajstić information content (AvgIpc) is 3.10. The van der Waals surface area contributed by atoms with E-state index >= 15 is 0 Å². The van der Waals surface area contributed by atoms with Crippen LogP contribution in [-0.2, 0) is 17.4 Å². The Morgan fingerprint density at radius 1 is 0.962 bits per heavy atom. The molecule has 1 aliphatic rings. The number of anilines is 1. The lowest BCUT2D eigenvalue weighted by Gasteiger charge is -2.20. The van der Waals surface area contributed by atoms with Gasteiger partial charge < -0.3 is 5.09 Å². The Kier molecular flexibility index (Phi) is 5.11. The molecule has 7 heteroatoms. The zero-order valence-electron chi connectivity index (χ0n) is 13.9. The van der Waals surface area contributed by atoms with E-state index in [2.05, 4.69) is 5.09 Å². The van der Waals surface area contributed by atoms with Gasteiger partial charge in [0.1, 0.15) is 0 Å². The molecule has 3 nitrogen and oxygen atoms in total. The van der Waals surface area contributed by atoms with Gasteiger partial charge in [0.05, 0.1) is 21.4 Å². The molecule has 26 heavy (non-hydrogen) atoms. The topological polar surface area (TPSA) is 42.0 Å². The molecule has 1 aromatic heterocycles. The normalized spacial score (nSPS) is 15.9. The summed E-state index contributed by atoms with van der Waals surface area (Å²) in [5.41, 5.74) is 1.57. The highest BCUT2D eigenvalue weighted by Gasteiger charge is 2.34. The van der Waals surface area contributed by atoms with Crippen molar-refractivity contribution in [3.8, 4) is 0 Å². The van der Waals surface area contributed by atoms with Crippen LogP contribution in [0.1, 0.15) is 23.4 Å². The Balaban J connectivity index is 1.86. The number of thiazole rings is 1. The number of benzene rings is 2. The van der Waals surface area contributed by atoms with Crippen molar-refractivity contribution in [2.45, 2.75) is 25.7 Å². The van der Waals surface area contributed by atoms with Gasteiger partial charge in [0, 0.05) is 10.2 Å². The third-order valence-electron chi connectivity index (χ3n) is 4.46. The molecular weight excluding hydrogens is 406 g/mol. The van der Waals surface area contributed by atoms with Crippen molar-refractivity contribution in [1.82, 2.24) is 4.98 Å². The molecule has 134 valence electrons. The van der Waals surface area contributed by atoms with Crippen LogP contribution in [0, 0.1) is 0 Å². The number of para-hydroxylation sites is 1. The smallest absolute Gasteiger partial charge is 0.254 e. The molecule has 1 heterocycles. The van der Waals surface area contributed by atoms with Crippen LogP contribution < -0.4 is 15.1 Å². The van der Waals surface area contributed by atoms with E-state index < -0.39 is 7.29 Å². The van der Waals surface area contributed by atoms with Crippen LogP contribution in [0.25, 0.3) is 0 Å². The summed E-state index contributed by atoms with van der Waals surface area (Å²) in [6.07, 6.45) is 4.26. The minimum absolute atomic E-state index is 0.440. The van der Waals surface area contributed by atoms with E-state index in [9.17, 15) is 4.57 Å². The molecule has 0 aliphatic heterocycles. The summed E-state index contributed by atoms with van der Waals surface area (Å²) in [6, 6.07) is 14.6. The van der Waals surface area contributed by atoms with Crippen LogP contribution in [0.4, 0.5) is 5.69 Å². The van der Waals surface area contributed by atoms with E-state index in [4.69, 9.17) is 28.2 Å². The zero-order valence-corrected chi connectivity index (χ0v) is 17.1. The summed E-state index contributed by atoms with van der Waals surface area (Å²) in [5.74, 6) is 0. The average molecular weight is 423 g/mol. The molecule has 0 spiro atoms. The van der Waals surface area contributed by atoms with Crippen molar-refractivity contribution in [2.24, 2.45) is 0 Å². The van der Waals surface area contributed by atoms with Crippen LogP contribution in [0.2, 0.25) is 10.0 Å². The molecule has 4 rings (SSSR count). The molecule has 1 atom stereocenters. The molecule has 0 fully saturated rings. The number of rotatable bonds is 4. The Morgan fingerprint density at radius 2 is 1.65 bits per heavy atom. The number of nitrogens with zero attached hydrogens (tertiary/aromatic N) is 1. The first-order valence-electron chi connectivity index (χ1n) is 8.45. The molecule has 1 N–H and O–H groups in total. The highest BCUT2D eigenvalue weighted by molar-refractivity contribution is 7.84. The zero-order chi connectivity index (χ0) is 18.1. The molecule has 0 amide bonds. The molecule has 0 saturated carbocycles. The van der Waals surface area contributed by atoms with Gasteiger partial charge in [-0.1, -0.05) is 47.5 Å². The summed E-state index contributed by atoms with van der Waals surface area (Å²) in [5, 5.41) is 4.75. The molecule has 2 aromatic carbocycles. The minimum Gasteiger partial charge on any atom is -0.325 e. The summed E-state index contributed by atoms with van der Waals surface area (Å²) < 4.78 is 14.8. The summed E-state index contributed by atoms with van der Waals surface area (Å²) in [7, 11) is -3.22. The molecule has 1 aliphatic carbocycles. The van der Waals surface area contributed by atoms with Gasteiger partial charge in [0.15, 0.2) is 4.75 Å². The maximum absolute atomic E-state index is 14.2. The van der Waals surface area contributed by atoms with Crippen molar-refractivity contribution in [1.29, 1.82) is 0 Å². The fourth-order valence-corrected chi connectivity index (χ4v) is 7.76. The molecule has 0 bridgehead atoms. The number of aromatic nitrogens is 1. The van der Waals surface area contributed by atoms with Gasteiger partial charge in [-0.05, 0) is 49.9 Å². The highest BCUT2D eigenvalue weighted by atomic mass is 35.5. The molecule has 3 aromatic rings. The minimum atomic E-state index is -3.22. The van der Waals surface area contributed by atoms with E-state index in [-0.39, 0.29) is 0 Å². The van der Waals surface area contributed by atoms with Crippen LogP contribution >= 0.6 is 41.8 Å². The first-order valence-corrected chi connectivity index (χ1v) is 11.7. The second kappa shape index (κ2) is 7.36. The van der Waals surface area contributed by atoms with E-state index in [1.54, 1.807) is 29.5 Å². The number of nitrogens with one attached hydrogen (secondary N) is 1. The van der Waals surface area contributed by atoms with Crippen molar-refractivity contribution in [3.05, 3.63) is 69.1 Å². The highest BCUT2D eigenvalue weighted by Crippen LogP contribution is 2.48. The standard InChI is InChI=1S/C19H17Cl2N2OPS/c20-14-9-6-10-15(21)18(14)23-25(24,13-7-2-1-3-8-13)19-22-16-11-4-5-12-17(16)26-19/h1-3,6-10H,4-5,11-12H2,(H,23,24)/t25-/m1/s1. The fourth-order valence-electron chi connectivity index (χ4n) is 3.10. The predicted octanol–water partition coefficient (Wildman–Crippen LogP) is 5.67. The van der Waals surface area contributed by atoms with Crippen molar-refractivity contribution < 1.29 is 4.57 Å². The number of fused-ring (bicyclic) bond motifs is 1. The van der Waals surface area contributed by atoms with Gasteiger partial charge in [-0.2, -0.15) is 0 Å². The second-order valence-corrected chi connectivity index (χ2v) is 10.8. The van der Waals surface area contributed by atoms with E-state index in [0.29, 0.717) is 25.8 Å². The van der Waals surface area contributed by atoms with Gasteiger partial charge in [0.25, 0.3) is 7.29 Å². The number of aryl methyl sites for hydroxylation is 2. The molecule has 0 unspecified atom stereocenters. The van der Waals surface area contributed by atoms with Gasteiger partial charge >= 0.3 is 0 Å². The molecular formula is C19H17Cl2N2OPS. The molecule has 0 radical (unpaired) electrons. The third kappa shape index (κ3) is 3.32. The lowest BCUT2D eigenvalue weighted by atomic mass is 10.0. The lowest BCUT2D eigenvalue weighted by molar-refractivity contribution is 0.590. The fraction of sp³-hybridized carbons (Fsp3) is 0.211. The van der Waals surface area contributed by atoms with Gasteiger partial charge in [-0.3, -0.25) is 4.57 Å². The first kappa shape index (κ1) is 18.1. The maximum atomic E-state index is 14.2. The largest absolute Gasteiger partial charge is 0.325 e. The SMILES string of the molecule is O=[P@](Nc1c(Cl)cccc1Cl)(c1ccccc1)c1nc2c(s1)CCCC2. The van der Waals surface area contributed by atoms with Crippen molar-refractivity contribution in [2.75, 3.05) is 5.09 Å². The first-order chi connectivity index (χ1) is 12.6. The van der Waals surface area contributed by atoms with Crippen molar-refractivity contribution in [3.63, 3.8) is 0 Å². The van der Waals surface area contributed by atoms with Gasteiger partial charge in [-0.15, -0.1) is 11.3 Å². The summed E-state index contributed by atoms with van der Waals surface area (Å²) >= 11 is 14.2. The Labute approximate surface area is 166 Å². The van der Waals surface area contributed by atoms with Gasteiger partial charge in [-0.25, -0.2) is 4.98 Å². The quantitative estimate of drug-likeness (QED) is 0.550. The van der Waals surface area contributed by atoms with Crippen LogP contribution in [0.3, 0.4) is 0 Å². The number of halogens is 2. The Bertz CT molecular complexity index is 947. The monoisotopic (exact) mass is 422 g/mol. The Hall–Kier alpha value is -1.32. The van der Waals surface area contributed by atoms with Crippen LogP contribution in [-0.4, -0.2) is 4.98 Å². The Morgan fingerprint density at radius 3 is 2.35 bits per heavy atom. The van der Waals surface area contributed by atoms with E-state index in [1.807, 2.05) is 30.3 Å². The van der Waals surface area contributed by atoms with Crippen molar-refractivity contribution >= 4 is 57.6 Å². The molecule has 0 saturated heterocycles. The van der Waals surface area contributed by atoms with E-state index in [1.165, 1.54) is 4.88 Å². The maximum Gasteiger partial charge on any atom is 0.254 e. The summed E-state index contributed by atoms with van der Waals surface area (Å²) in [6.45, 7) is 0. The third-order valence-corrected chi connectivity index (χ3v) is 9.29. The number of hydrogen-bond donors (Lipinski definition) is 1. The number of hydrogen-bond acceptors (Lipinski definition) is 3. The van der Waals surface area contributed by atoms with Gasteiger partial charge in [0.2, 0.25) is 0 Å². The lowest BCUT2D eigenvalue weighted by Crippen LogP contribution is -2.22. The van der Waals surface area contributed by atoms with Crippen LogP contribution in [0.15, 0.2) is 48.5 Å². The second-order valence-electron chi connectivity index (χ2n) is 6.23. The van der Waals surface area contributed by atoms with E-state index in [0.717, 1.165) is 31.4 Å². The predicted molar refractivity (Wildman–Crippen MR) is 112 cm³/mol.